The van der Waals surface area contributed by atoms with Crippen LogP contribution in [0.25, 0.3) is 11.0 Å². The van der Waals surface area contributed by atoms with E-state index in [4.69, 9.17) is 11.6 Å². The second-order valence-electron chi connectivity index (χ2n) is 2.77. The molecule has 4 heteroatoms. The fourth-order valence-electron chi connectivity index (χ4n) is 1.13. The van der Waals surface area contributed by atoms with E-state index < -0.39 is 0 Å². The van der Waals surface area contributed by atoms with Gasteiger partial charge in [0.1, 0.15) is 5.52 Å². The van der Waals surface area contributed by atoms with Crippen molar-refractivity contribution >= 4 is 38.6 Å². The van der Waals surface area contributed by atoms with Crippen molar-refractivity contribution in [3.63, 3.8) is 0 Å². The SMILES string of the molecule is CC.Cc1cnc2cc(Cl)cc(Br)c2n1. The van der Waals surface area contributed by atoms with Crippen LogP contribution in [0.4, 0.5) is 0 Å². The number of aromatic nitrogens is 2. The maximum atomic E-state index is 5.87. The summed E-state index contributed by atoms with van der Waals surface area (Å²) in [5.74, 6) is 0. The molecule has 0 bridgehead atoms. The Kier molecular flexibility index (Phi) is 4.48. The lowest BCUT2D eigenvalue weighted by Gasteiger charge is -2.00. The van der Waals surface area contributed by atoms with Crippen molar-refractivity contribution in [1.29, 1.82) is 0 Å². The summed E-state index contributed by atoms with van der Waals surface area (Å²) in [6.07, 6.45) is 1.73. The van der Waals surface area contributed by atoms with Crippen LogP contribution in [0, 0.1) is 6.92 Å². The first-order valence-corrected chi connectivity index (χ1v) is 5.92. The van der Waals surface area contributed by atoms with Crippen molar-refractivity contribution < 1.29 is 0 Å². The van der Waals surface area contributed by atoms with Gasteiger partial charge in [0.05, 0.1) is 11.2 Å². The summed E-state index contributed by atoms with van der Waals surface area (Å²) in [4.78, 5) is 8.57. The van der Waals surface area contributed by atoms with E-state index in [-0.39, 0.29) is 0 Å². The third kappa shape index (κ3) is 2.89. The topological polar surface area (TPSA) is 25.8 Å². The number of rotatable bonds is 0. The van der Waals surface area contributed by atoms with Crippen LogP contribution in [0.3, 0.4) is 0 Å². The third-order valence-electron chi connectivity index (χ3n) is 1.69. The monoisotopic (exact) mass is 286 g/mol. The Morgan fingerprint density at radius 2 is 1.93 bits per heavy atom. The Hall–Kier alpha value is -0.670. The van der Waals surface area contributed by atoms with E-state index in [1.165, 1.54) is 0 Å². The predicted octanol–water partition coefficient (Wildman–Crippen LogP) is 4.38. The molecule has 0 fully saturated rings. The minimum absolute atomic E-state index is 0.664. The lowest BCUT2D eigenvalue weighted by Crippen LogP contribution is -1.87. The highest BCUT2D eigenvalue weighted by molar-refractivity contribution is 9.10. The molecule has 0 aliphatic heterocycles. The van der Waals surface area contributed by atoms with Crippen LogP contribution >= 0.6 is 27.5 Å². The van der Waals surface area contributed by atoms with Crippen LogP contribution in [0.1, 0.15) is 19.5 Å². The Morgan fingerprint density at radius 1 is 1.27 bits per heavy atom. The summed E-state index contributed by atoms with van der Waals surface area (Å²) >= 11 is 9.26. The van der Waals surface area contributed by atoms with E-state index in [0.29, 0.717) is 5.02 Å². The lowest BCUT2D eigenvalue weighted by atomic mass is 10.3. The van der Waals surface area contributed by atoms with Crippen molar-refractivity contribution in [3.05, 3.63) is 33.5 Å². The molecule has 2 rings (SSSR count). The fourth-order valence-corrected chi connectivity index (χ4v) is 2.01. The maximum Gasteiger partial charge on any atom is 0.103 e. The molecule has 2 aromatic rings. The highest BCUT2D eigenvalue weighted by Crippen LogP contribution is 2.25. The molecular weight excluding hydrogens is 275 g/mol. The van der Waals surface area contributed by atoms with E-state index in [9.17, 15) is 0 Å². The van der Waals surface area contributed by atoms with Gasteiger partial charge in [0, 0.05) is 15.7 Å². The molecule has 0 unspecified atom stereocenters. The number of hydrogen-bond donors (Lipinski definition) is 0. The predicted molar refractivity (Wildman–Crippen MR) is 68.3 cm³/mol. The molecule has 0 radical (unpaired) electrons. The number of aryl methyl sites for hydroxylation is 1. The average Bonchev–Trinajstić information content (AvgIpc) is 2.22. The van der Waals surface area contributed by atoms with Gasteiger partial charge < -0.3 is 0 Å². The van der Waals surface area contributed by atoms with E-state index in [1.54, 1.807) is 12.3 Å². The molecule has 2 nitrogen and oxygen atoms in total. The zero-order valence-corrected chi connectivity index (χ0v) is 11.2. The zero-order valence-electron chi connectivity index (χ0n) is 8.88. The Labute approximate surface area is 103 Å². The summed E-state index contributed by atoms with van der Waals surface area (Å²) in [5.41, 5.74) is 2.56. The summed E-state index contributed by atoms with van der Waals surface area (Å²) in [7, 11) is 0. The van der Waals surface area contributed by atoms with Crippen molar-refractivity contribution in [2.24, 2.45) is 0 Å². The number of hydrogen-bond acceptors (Lipinski definition) is 2. The second-order valence-corrected chi connectivity index (χ2v) is 4.06. The molecule has 0 aliphatic rings. The van der Waals surface area contributed by atoms with Crippen molar-refractivity contribution in [1.82, 2.24) is 9.97 Å². The minimum Gasteiger partial charge on any atom is -0.253 e. The minimum atomic E-state index is 0.664. The molecule has 15 heavy (non-hydrogen) atoms. The van der Waals surface area contributed by atoms with Crippen molar-refractivity contribution in [2.75, 3.05) is 0 Å². The Morgan fingerprint density at radius 3 is 2.60 bits per heavy atom. The molecule has 1 aromatic carbocycles. The molecule has 0 saturated carbocycles. The van der Waals surface area contributed by atoms with Gasteiger partial charge in [-0.3, -0.25) is 4.98 Å². The maximum absolute atomic E-state index is 5.87. The van der Waals surface area contributed by atoms with E-state index in [0.717, 1.165) is 21.2 Å². The number of nitrogens with zero attached hydrogens (tertiary/aromatic N) is 2. The number of halogens is 2. The average molecular weight is 288 g/mol. The second kappa shape index (κ2) is 5.42. The first-order valence-electron chi connectivity index (χ1n) is 4.75. The fraction of sp³-hybridized carbons (Fsp3) is 0.273. The molecule has 1 heterocycles. The van der Waals surface area contributed by atoms with Gasteiger partial charge in [-0.25, -0.2) is 4.98 Å². The molecule has 0 N–H and O–H groups in total. The number of fused-ring (bicyclic) bond motifs is 1. The van der Waals surface area contributed by atoms with Gasteiger partial charge in [-0.1, -0.05) is 25.4 Å². The molecule has 0 aliphatic carbocycles. The summed E-state index contributed by atoms with van der Waals surface area (Å²) < 4.78 is 0.881. The number of benzene rings is 1. The first-order chi connectivity index (χ1) is 7.16. The molecule has 0 atom stereocenters. The summed E-state index contributed by atoms with van der Waals surface area (Å²) in [6.45, 7) is 5.91. The van der Waals surface area contributed by atoms with Gasteiger partial charge >= 0.3 is 0 Å². The van der Waals surface area contributed by atoms with Gasteiger partial charge in [0.2, 0.25) is 0 Å². The van der Waals surface area contributed by atoms with Crippen LogP contribution in [-0.4, -0.2) is 9.97 Å². The molecule has 0 spiro atoms. The van der Waals surface area contributed by atoms with Gasteiger partial charge in [0.25, 0.3) is 0 Å². The van der Waals surface area contributed by atoms with Crippen molar-refractivity contribution in [3.8, 4) is 0 Å². The Balaban J connectivity index is 0.000000531. The first kappa shape index (κ1) is 12.4. The molecule has 1 aromatic heterocycles. The molecule has 0 saturated heterocycles. The Bertz CT molecular complexity index is 471. The van der Waals surface area contributed by atoms with Gasteiger partial charge in [-0.2, -0.15) is 0 Å². The highest BCUT2D eigenvalue weighted by atomic mass is 79.9. The molecule has 0 amide bonds. The quantitative estimate of drug-likeness (QED) is 0.718. The zero-order chi connectivity index (χ0) is 11.4. The molecule has 80 valence electrons. The van der Waals surface area contributed by atoms with E-state index in [2.05, 4.69) is 25.9 Å². The lowest BCUT2D eigenvalue weighted by molar-refractivity contribution is 1.18. The largest absolute Gasteiger partial charge is 0.253 e. The smallest absolute Gasteiger partial charge is 0.103 e. The normalized spacial score (nSPS) is 9.67. The highest BCUT2D eigenvalue weighted by Gasteiger charge is 2.03. The van der Waals surface area contributed by atoms with Gasteiger partial charge in [0.15, 0.2) is 0 Å². The van der Waals surface area contributed by atoms with Gasteiger partial charge in [-0.15, -0.1) is 0 Å². The third-order valence-corrected chi connectivity index (χ3v) is 2.51. The standard InChI is InChI=1S/C9H6BrClN2.C2H6/c1-5-4-12-8-3-6(11)2-7(10)9(8)13-5;1-2/h2-4H,1H3;1-2H3. The summed E-state index contributed by atoms with van der Waals surface area (Å²) in [6, 6.07) is 3.62. The van der Waals surface area contributed by atoms with Gasteiger partial charge in [-0.05, 0) is 35.0 Å². The molecular formula is C11H12BrClN2. The van der Waals surface area contributed by atoms with E-state index >= 15 is 0 Å². The van der Waals surface area contributed by atoms with Crippen LogP contribution in [0.5, 0.6) is 0 Å². The van der Waals surface area contributed by atoms with Crippen LogP contribution in [0.15, 0.2) is 22.8 Å². The van der Waals surface area contributed by atoms with E-state index in [1.807, 2.05) is 26.8 Å². The van der Waals surface area contributed by atoms with Crippen LogP contribution in [0.2, 0.25) is 5.02 Å². The summed E-state index contributed by atoms with van der Waals surface area (Å²) in [5, 5.41) is 0.664. The van der Waals surface area contributed by atoms with Crippen LogP contribution < -0.4 is 0 Å². The van der Waals surface area contributed by atoms with Crippen LogP contribution in [-0.2, 0) is 0 Å². The van der Waals surface area contributed by atoms with Crippen molar-refractivity contribution in [2.45, 2.75) is 20.8 Å².